The van der Waals surface area contributed by atoms with E-state index in [0.29, 0.717) is 6.42 Å². The molecule has 1 unspecified atom stereocenters. The Bertz CT molecular complexity index is 336. The van der Waals surface area contributed by atoms with Crippen LogP contribution < -0.4 is 11.1 Å². The second-order valence-corrected chi connectivity index (χ2v) is 5.28. The van der Waals surface area contributed by atoms with Gasteiger partial charge in [0.15, 0.2) is 0 Å². The van der Waals surface area contributed by atoms with Crippen LogP contribution in [0.5, 0.6) is 0 Å². The smallest absolute Gasteiger partial charge is 0.220 e. The van der Waals surface area contributed by atoms with Crippen LogP contribution in [0.4, 0.5) is 0 Å². The lowest BCUT2D eigenvalue weighted by atomic mass is 10.1. The number of carbonyl (C=O) groups excluding carboxylic acids is 1. The molecule has 4 nitrogen and oxygen atoms in total. The molecule has 1 rings (SSSR count). The zero-order chi connectivity index (χ0) is 13.2. The molecule has 0 aliphatic heterocycles. The number of aromatic nitrogens is 1. The number of nitrogens with one attached hydrogen (secondary N) is 1. The van der Waals surface area contributed by atoms with Crippen molar-refractivity contribution in [3.05, 3.63) is 16.6 Å². The lowest BCUT2D eigenvalue weighted by Gasteiger charge is -2.14. The summed E-state index contributed by atoms with van der Waals surface area (Å²) >= 11 is 1.59. The highest BCUT2D eigenvalue weighted by atomic mass is 35.5. The first-order valence-electron chi connectivity index (χ1n) is 6.66. The maximum Gasteiger partial charge on any atom is 0.220 e. The summed E-state index contributed by atoms with van der Waals surface area (Å²) in [5.41, 5.74) is 5.42. The molecule has 0 fully saturated rings. The minimum absolute atomic E-state index is 0. The molecule has 1 aromatic rings. The van der Waals surface area contributed by atoms with Gasteiger partial charge in [0.05, 0.1) is 6.04 Å². The van der Waals surface area contributed by atoms with Crippen LogP contribution in [0.25, 0.3) is 0 Å². The number of hydrogen-bond acceptors (Lipinski definition) is 4. The highest BCUT2D eigenvalue weighted by Gasteiger charge is 2.14. The predicted octanol–water partition coefficient (Wildman–Crippen LogP) is 3.46. The fraction of sp³-hybridized carbons (Fsp3) is 0.692. The zero-order valence-electron chi connectivity index (χ0n) is 11.8. The summed E-state index contributed by atoms with van der Waals surface area (Å²) in [6.07, 6.45) is 7.46. The number of thiazole rings is 1. The van der Waals surface area contributed by atoms with Crippen molar-refractivity contribution in [1.29, 1.82) is 0 Å². The van der Waals surface area contributed by atoms with Crippen molar-refractivity contribution >= 4 is 42.1 Å². The molecule has 0 bridgehead atoms. The number of hydrogen-bond donors (Lipinski definition) is 2. The van der Waals surface area contributed by atoms with E-state index in [0.717, 1.165) is 43.7 Å². The molecule has 118 valence electrons. The van der Waals surface area contributed by atoms with Crippen molar-refractivity contribution in [2.45, 2.75) is 51.5 Å². The molecule has 7 heteroatoms. The average Bonchev–Trinajstić information content (AvgIpc) is 2.89. The van der Waals surface area contributed by atoms with E-state index in [2.05, 4.69) is 17.2 Å². The Kier molecular flexibility index (Phi) is 14.9. The Hall–Kier alpha value is -0.360. The number of amides is 1. The van der Waals surface area contributed by atoms with E-state index in [9.17, 15) is 4.79 Å². The summed E-state index contributed by atoms with van der Waals surface area (Å²) in [7, 11) is 0. The van der Waals surface area contributed by atoms with Gasteiger partial charge in [-0.25, -0.2) is 4.98 Å². The molecule has 20 heavy (non-hydrogen) atoms. The number of carbonyl (C=O) groups is 1. The van der Waals surface area contributed by atoms with Gasteiger partial charge in [-0.1, -0.05) is 19.8 Å². The fourth-order valence-corrected chi connectivity index (χ4v) is 2.57. The van der Waals surface area contributed by atoms with Gasteiger partial charge in [-0.15, -0.1) is 36.2 Å². The van der Waals surface area contributed by atoms with Crippen molar-refractivity contribution in [2.75, 3.05) is 6.54 Å². The van der Waals surface area contributed by atoms with E-state index < -0.39 is 0 Å². The van der Waals surface area contributed by atoms with Crippen LogP contribution in [0.1, 0.15) is 56.5 Å². The first kappa shape index (κ1) is 21.9. The van der Waals surface area contributed by atoms with E-state index in [1.165, 1.54) is 0 Å². The molecule has 0 aliphatic carbocycles. The lowest BCUT2D eigenvalue weighted by Crippen LogP contribution is -2.27. The van der Waals surface area contributed by atoms with Gasteiger partial charge in [0.2, 0.25) is 5.91 Å². The molecule has 0 spiro atoms. The van der Waals surface area contributed by atoms with Gasteiger partial charge in [0, 0.05) is 18.0 Å². The monoisotopic (exact) mass is 341 g/mol. The third-order valence-electron chi connectivity index (χ3n) is 2.85. The standard InChI is InChI=1S/C13H23N3OS.2ClH/c1-2-11(13-15-9-10-18-13)16-12(17)7-5-3-4-6-8-14;;/h9-11H,2-8,14H2,1H3,(H,16,17);2*1H. The molecule has 1 atom stereocenters. The van der Waals surface area contributed by atoms with Gasteiger partial charge in [0.1, 0.15) is 5.01 Å². The molecule has 1 heterocycles. The maximum absolute atomic E-state index is 11.8. The molecular weight excluding hydrogens is 317 g/mol. The Morgan fingerprint density at radius 2 is 2.05 bits per heavy atom. The summed E-state index contributed by atoms with van der Waals surface area (Å²) in [4.78, 5) is 16.0. The van der Waals surface area contributed by atoms with Crippen molar-refractivity contribution < 1.29 is 4.79 Å². The topological polar surface area (TPSA) is 68.0 Å². The van der Waals surface area contributed by atoms with Gasteiger partial charge in [-0.2, -0.15) is 0 Å². The third kappa shape index (κ3) is 8.74. The number of nitrogens with two attached hydrogens (primary N) is 1. The highest BCUT2D eigenvalue weighted by molar-refractivity contribution is 7.09. The number of rotatable bonds is 9. The van der Waals surface area contributed by atoms with E-state index in [1.807, 2.05) is 5.38 Å². The second-order valence-electron chi connectivity index (χ2n) is 4.35. The summed E-state index contributed by atoms with van der Waals surface area (Å²) in [6.45, 7) is 2.81. The van der Waals surface area contributed by atoms with Crippen molar-refractivity contribution in [3.63, 3.8) is 0 Å². The van der Waals surface area contributed by atoms with Crippen LogP contribution in [-0.2, 0) is 4.79 Å². The molecule has 0 radical (unpaired) electrons. The van der Waals surface area contributed by atoms with Crippen LogP contribution in [0.3, 0.4) is 0 Å². The molecular formula is C13H25Cl2N3OS. The van der Waals surface area contributed by atoms with E-state index in [1.54, 1.807) is 17.5 Å². The van der Waals surface area contributed by atoms with Gasteiger partial charge in [-0.3, -0.25) is 4.79 Å². The van der Waals surface area contributed by atoms with Crippen LogP contribution in [-0.4, -0.2) is 17.4 Å². The Morgan fingerprint density at radius 3 is 2.60 bits per heavy atom. The molecule has 3 N–H and O–H groups in total. The predicted molar refractivity (Wildman–Crippen MR) is 89.9 cm³/mol. The van der Waals surface area contributed by atoms with Crippen LogP contribution in [0.2, 0.25) is 0 Å². The van der Waals surface area contributed by atoms with Crippen molar-refractivity contribution in [3.8, 4) is 0 Å². The van der Waals surface area contributed by atoms with Gasteiger partial charge in [0.25, 0.3) is 0 Å². The first-order valence-corrected chi connectivity index (χ1v) is 7.54. The third-order valence-corrected chi connectivity index (χ3v) is 3.74. The zero-order valence-corrected chi connectivity index (χ0v) is 14.3. The summed E-state index contributed by atoms with van der Waals surface area (Å²) in [6, 6.07) is 0.0709. The second kappa shape index (κ2) is 13.6. The number of unbranched alkanes of at least 4 members (excludes halogenated alkanes) is 3. The molecule has 0 aliphatic rings. The lowest BCUT2D eigenvalue weighted by molar-refractivity contribution is -0.122. The van der Waals surface area contributed by atoms with Crippen LogP contribution >= 0.6 is 36.2 Å². The summed E-state index contributed by atoms with van der Waals surface area (Å²) in [5.74, 6) is 0.129. The maximum atomic E-state index is 11.8. The van der Waals surface area contributed by atoms with Crippen molar-refractivity contribution in [1.82, 2.24) is 10.3 Å². The normalized spacial score (nSPS) is 11.1. The largest absolute Gasteiger partial charge is 0.347 e. The Labute approximate surface area is 137 Å². The van der Waals surface area contributed by atoms with Gasteiger partial charge >= 0.3 is 0 Å². The summed E-state index contributed by atoms with van der Waals surface area (Å²) in [5, 5.41) is 5.98. The minimum Gasteiger partial charge on any atom is -0.347 e. The number of halogens is 2. The minimum atomic E-state index is 0. The molecule has 1 amide bonds. The van der Waals surface area contributed by atoms with Crippen molar-refractivity contribution in [2.24, 2.45) is 5.73 Å². The van der Waals surface area contributed by atoms with E-state index >= 15 is 0 Å². The highest BCUT2D eigenvalue weighted by Crippen LogP contribution is 2.18. The Morgan fingerprint density at radius 1 is 1.35 bits per heavy atom. The quantitative estimate of drug-likeness (QED) is 0.675. The van der Waals surface area contributed by atoms with E-state index in [4.69, 9.17) is 5.73 Å². The molecule has 0 saturated heterocycles. The van der Waals surface area contributed by atoms with Gasteiger partial charge < -0.3 is 11.1 Å². The molecule has 0 aromatic carbocycles. The molecule has 1 aromatic heterocycles. The summed E-state index contributed by atoms with van der Waals surface area (Å²) < 4.78 is 0. The Balaban J connectivity index is 0. The van der Waals surface area contributed by atoms with Gasteiger partial charge in [-0.05, 0) is 25.8 Å². The first-order chi connectivity index (χ1) is 8.77. The fourth-order valence-electron chi connectivity index (χ4n) is 1.79. The average molecular weight is 342 g/mol. The SMILES string of the molecule is CCC(NC(=O)CCCCCCN)c1nccs1.Cl.Cl. The molecule has 0 saturated carbocycles. The van der Waals surface area contributed by atoms with Crippen LogP contribution in [0.15, 0.2) is 11.6 Å². The van der Waals surface area contributed by atoms with E-state index in [-0.39, 0.29) is 36.8 Å². The van der Waals surface area contributed by atoms with Crippen LogP contribution in [0, 0.1) is 0 Å². The number of nitrogens with zero attached hydrogens (tertiary/aromatic N) is 1.